The highest BCUT2D eigenvalue weighted by atomic mass is 16.5. The van der Waals surface area contributed by atoms with Crippen molar-refractivity contribution in [3.8, 4) is 0 Å². The van der Waals surface area contributed by atoms with Crippen LogP contribution < -0.4 is 16.0 Å². The lowest BCUT2D eigenvalue weighted by Gasteiger charge is -2.17. The van der Waals surface area contributed by atoms with Gasteiger partial charge in [0.15, 0.2) is 0 Å². The second kappa shape index (κ2) is 28.3. The quantitative estimate of drug-likeness (QED) is 0.0594. The van der Waals surface area contributed by atoms with Crippen LogP contribution in [0.15, 0.2) is 0 Å². The van der Waals surface area contributed by atoms with Crippen LogP contribution in [0.1, 0.15) is 135 Å². The number of carboxylic acids is 3. The van der Waals surface area contributed by atoms with E-state index >= 15 is 0 Å². The largest absolute Gasteiger partial charge is 0.481 e. The number of unbranched alkanes of at least 4 members (excludes halogenated alkanes) is 13. The van der Waals surface area contributed by atoms with Crippen LogP contribution in [0.25, 0.3) is 0 Å². The minimum atomic E-state index is -1.30. The molecule has 0 aliphatic heterocycles. The topological polar surface area (TPSA) is 208 Å². The van der Waals surface area contributed by atoms with Gasteiger partial charge in [-0.05, 0) is 32.6 Å². The summed E-state index contributed by atoms with van der Waals surface area (Å²) >= 11 is 0. The van der Waals surface area contributed by atoms with E-state index in [2.05, 4.69) is 16.0 Å². The molecule has 3 amide bonds. The molecule has 260 valence electrons. The van der Waals surface area contributed by atoms with Crippen molar-refractivity contribution in [1.29, 1.82) is 0 Å². The van der Waals surface area contributed by atoms with Crippen molar-refractivity contribution < 1.29 is 48.8 Å². The second-order valence-corrected chi connectivity index (χ2v) is 11.4. The molecular formula is C32H57N3O10. The molecule has 0 aromatic rings. The van der Waals surface area contributed by atoms with Crippen LogP contribution in [0.2, 0.25) is 0 Å². The molecular weight excluding hydrogens is 586 g/mol. The van der Waals surface area contributed by atoms with E-state index in [4.69, 9.17) is 9.84 Å². The van der Waals surface area contributed by atoms with Crippen LogP contribution in [-0.4, -0.2) is 82.8 Å². The first-order valence-corrected chi connectivity index (χ1v) is 16.7. The van der Waals surface area contributed by atoms with Crippen molar-refractivity contribution in [3.63, 3.8) is 0 Å². The van der Waals surface area contributed by atoms with Crippen molar-refractivity contribution in [3.05, 3.63) is 0 Å². The first-order chi connectivity index (χ1) is 21.6. The van der Waals surface area contributed by atoms with Crippen molar-refractivity contribution >= 4 is 35.6 Å². The Bertz CT molecular complexity index is 868. The van der Waals surface area contributed by atoms with Crippen molar-refractivity contribution in [1.82, 2.24) is 16.0 Å². The lowest BCUT2D eigenvalue weighted by molar-refractivity contribution is -0.143. The molecule has 0 bridgehead atoms. The summed E-state index contributed by atoms with van der Waals surface area (Å²) in [5, 5.41) is 34.8. The van der Waals surface area contributed by atoms with E-state index in [-0.39, 0.29) is 44.4 Å². The van der Waals surface area contributed by atoms with E-state index < -0.39 is 41.8 Å². The van der Waals surface area contributed by atoms with Crippen LogP contribution in [0.4, 0.5) is 0 Å². The predicted octanol–water partition coefficient (Wildman–Crippen LogP) is 4.16. The fourth-order valence-corrected chi connectivity index (χ4v) is 4.78. The average Bonchev–Trinajstić information content (AvgIpc) is 2.98. The zero-order chi connectivity index (χ0) is 33.7. The van der Waals surface area contributed by atoms with E-state index in [1.165, 1.54) is 38.5 Å². The normalized spacial score (nSPS) is 12.2. The average molecular weight is 644 g/mol. The van der Waals surface area contributed by atoms with Gasteiger partial charge in [-0.2, -0.15) is 0 Å². The van der Waals surface area contributed by atoms with Crippen LogP contribution >= 0.6 is 0 Å². The van der Waals surface area contributed by atoms with Crippen LogP contribution in [0, 0.1) is 0 Å². The van der Waals surface area contributed by atoms with Crippen molar-refractivity contribution in [2.24, 2.45) is 0 Å². The van der Waals surface area contributed by atoms with E-state index in [1.807, 2.05) is 6.92 Å². The highest BCUT2D eigenvalue weighted by Gasteiger charge is 2.24. The lowest BCUT2D eigenvalue weighted by atomic mass is 10.0. The zero-order valence-corrected chi connectivity index (χ0v) is 27.1. The first kappa shape index (κ1) is 41.8. The monoisotopic (exact) mass is 643 g/mol. The SMILES string of the molecule is CCOCCNC(=O)CC[C@H](NC(=O)CC[C@H](NC(=O)CCCCCCCCCCCCCCCCC(=O)O)C(=O)O)C(=O)O. The van der Waals surface area contributed by atoms with Gasteiger partial charge in [-0.1, -0.05) is 77.0 Å². The van der Waals surface area contributed by atoms with Gasteiger partial charge in [0.2, 0.25) is 17.7 Å². The highest BCUT2D eigenvalue weighted by molar-refractivity contribution is 5.86. The van der Waals surface area contributed by atoms with Gasteiger partial charge in [-0.25, -0.2) is 9.59 Å². The molecule has 0 saturated carbocycles. The number of amides is 3. The summed E-state index contributed by atoms with van der Waals surface area (Å²) in [6.07, 6.45) is 14.6. The molecule has 0 saturated heterocycles. The second-order valence-electron chi connectivity index (χ2n) is 11.4. The molecule has 0 aromatic carbocycles. The van der Waals surface area contributed by atoms with Gasteiger partial charge in [0.1, 0.15) is 12.1 Å². The molecule has 13 nitrogen and oxygen atoms in total. The van der Waals surface area contributed by atoms with Crippen molar-refractivity contribution in [2.45, 2.75) is 147 Å². The summed E-state index contributed by atoms with van der Waals surface area (Å²) in [4.78, 5) is 70.0. The van der Waals surface area contributed by atoms with Crippen LogP contribution in [-0.2, 0) is 33.5 Å². The minimum absolute atomic E-state index is 0.113. The molecule has 0 unspecified atom stereocenters. The van der Waals surface area contributed by atoms with Gasteiger partial charge in [0.05, 0.1) is 6.61 Å². The maximum absolute atomic E-state index is 12.3. The zero-order valence-electron chi connectivity index (χ0n) is 27.1. The van der Waals surface area contributed by atoms with E-state index in [0.717, 1.165) is 44.9 Å². The number of carbonyl (C=O) groups is 6. The summed E-state index contributed by atoms with van der Waals surface area (Å²) < 4.78 is 5.11. The predicted molar refractivity (Wildman–Crippen MR) is 169 cm³/mol. The number of nitrogens with one attached hydrogen (secondary N) is 3. The number of hydrogen-bond donors (Lipinski definition) is 6. The molecule has 0 rings (SSSR count). The Morgan fingerprint density at radius 1 is 0.533 bits per heavy atom. The molecule has 0 heterocycles. The Morgan fingerprint density at radius 2 is 0.911 bits per heavy atom. The maximum Gasteiger partial charge on any atom is 0.326 e. The van der Waals surface area contributed by atoms with Crippen LogP contribution in [0.3, 0.4) is 0 Å². The lowest BCUT2D eigenvalue weighted by Crippen LogP contribution is -2.44. The third-order valence-electron chi connectivity index (χ3n) is 7.40. The standard InChI is InChI=1S/C32H57N3O10/c1-2-45-24-23-33-27(36)21-19-25(31(41)42)35-29(38)22-20-26(32(43)44)34-28(37)17-15-13-11-9-7-5-3-4-6-8-10-12-14-16-18-30(39)40/h25-26H,2-24H2,1H3,(H,33,36)(H,34,37)(H,35,38)(H,39,40)(H,41,42)(H,43,44)/t25-,26-/m0/s1. The highest BCUT2D eigenvalue weighted by Crippen LogP contribution is 2.14. The summed E-state index contributed by atoms with van der Waals surface area (Å²) in [6, 6.07) is -2.56. The number of ether oxygens (including phenoxy) is 1. The van der Waals surface area contributed by atoms with Gasteiger partial charge < -0.3 is 36.0 Å². The minimum Gasteiger partial charge on any atom is -0.481 e. The third-order valence-corrected chi connectivity index (χ3v) is 7.40. The molecule has 0 aliphatic carbocycles. The summed E-state index contributed by atoms with van der Waals surface area (Å²) in [7, 11) is 0. The van der Waals surface area contributed by atoms with Gasteiger partial charge in [0.25, 0.3) is 0 Å². The Morgan fingerprint density at radius 3 is 1.31 bits per heavy atom. The number of carbonyl (C=O) groups excluding carboxylic acids is 3. The smallest absolute Gasteiger partial charge is 0.326 e. The molecule has 0 fully saturated rings. The number of aliphatic carboxylic acids is 3. The third kappa shape index (κ3) is 26.9. The molecule has 0 radical (unpaired) electrons. The van der Waals surface area contributed by atoms with Gasteiger partial charge in [-0.15, -0.1) is 0 Å². The molecule has 6 N–H and O–H groups in total. The summed E-state index contributed by atoms with van der Waals surface area (Å²) in [5.74, 6) is -4.74. The molecule has 13 heteroatoms. The van der Waals surface area contributed by atoms with Crippen molar-refractivity contribution in [2.75, 3.05) is 19.8 Å². The van der Waals surface area contributed by atoms with E-state index in [1.54, 1.807) is 0 Å². The summed E-state index contributed by atoms with van der Waals surface area (Å²) in [6.45, 7) is 2.97. The fourth-order valence-electron chi connectivity index (χ4n) is 4.78. The number of hydrogen-bond acceptors (Lipinski definition) is 7. The summed E-state index contributed by atoms with van der Waals surface area (Å²) in [5.41, 5.74) is 0. The Balaban J connectivity index is 4.01. The molecule has 0 aliphatic rings. The van der Waals surface area contributed by atoms with Crippen LogP contribution in [0.5, 0.6) is 0 Å². The van der Waals surface area contributed by atoms with Gasteiger partial charge in [0, 0.05) is 38.8 Å². The molecule has 45 heavy (non-hydrogen) atoms. The number of carboxylic acid groups (broad SMARTS) is 3. The molecule has 0 spiro atoms. The van der Waals surface area contributed by atoms with E-state index in [0.29, 0.717) is 26.2 Å². The fraction of sp³-hybridized carbons (Fsp3) is 0.812. The first-order valence-electron chi connectivity index (χ1n) is 16.7. The Kier molecular flexibility index (Phi) is 26.2. The van der Waals surface area contributed by atoms with Gasteiger partial charge in [-0.3, -0.25) is 19.2 Å². The Labute approximate surface area is 267 Å². The molecule has 0 aromatic heterocycles. The van der Waals surface area contributed by atoms with E-state index in [9.17, 15) is 39.0 Å². The maximum atomic E-state index is 12.3. The number of rotatable bonds is 31. The molecule has 2 atom stereocenters. The van der Waals surface area contributed by atoms with Gasteiger partial charge >= 0.3 is 17.9 Å². The Hall–Kier alpha value is -3.22.